The first-order chi connectivity index (χ1) is 9.65. The molecule has 5 heteroatoms. The highest BCUT2D eigenvalue weighted by atomic mass is 79.9. The van der Waals surface area contributed by atoms with E-state index in [4.69, 9.17) is 11.6 Å². The molecule has 20 heavy (non-hydrogen) atoms. The predicted molar refractivity (Wildman–Crippen MR) is 81.3 cm³/mol. The van der Waals surface area contributed by atoms with Crippen molar-refractivity contribution in [1.29, 1.82) is 0 Å². The van der Waals surface area contributed by atoms with E-state index in [2.05, 4.69) is 25.9 Å². The van der Waals surface area contributed by atoms with Crippen LogP contribution in [0.25, 0.3) is 11.4 Å². The van der Waals surface area contributed by atoms with Crippen LogP contribution in [0.4, 0.5) is 4.39 Å². The predicted octanol–water partition coefficient (Wildman–Crippen LogP) is 5.36. The molecular formula is C15H13BrClFN2. The lowest BCUT2D eigenvalue weighted by molar-refractivity contribution is 0.628. The van der Waals surface area contributed by atoms with Crippen LogP contribution in [-0.2, 0) is 0 Å². The van der Waals surface area contributed by atoms with Gasteiger partial charge in [0.15, 0.2) is 5.82 Å². The Kier molecular flexibility index (Phi) is 4.03. The Morgan fingerprint density at radius 2 is 1.95 bits per heavy atom. The summed E-state index contributed by atoms with van der Waals surface area (Å²) in [6, 6.07) is 6.28. The van der Waals surface area contributed by atoms with Crippen LogP contribution in [-0.4, -0.2) is 9.97 Å². The van der Waals surface area contributed by atoms with Crippen molar-refractivity contribution in [2.45, 2.75) is 31.6 Å². The molecule has 1 aromatic carbocycles. The first-order valence-corrected chi connectivity index (χ1v) is 7.81. The van der Waals surface area contributed by atoms with Gasteiger partial charge in [-0.15, -0.1) is 0 Å². The zero-order chi connectivity index (χ0) is 14.1. The van der Waals surface area contributed by atoms with Crippen molar-refractivity contribution in [3.63, 3.8) is 0 Å². The van der Waals surface area contributed by atoms with E-state index >= 15 is 0 Å². The average molecular weight is 356 g/mol. The molecule has 0 aliphatic heterocycles. The summed E-state index contributed by atoms with van der Waals surface area (Å²) in [5.41, 5.74) is 1.60. The molecule has 1 heterocycles. The second-order valence-corrected chi connectivity index (χ2v) is 6.18. The fourth-order valence-electron chi connectivity index (χ4n) is 2.66. The van der Waals surface area contributed by atoms with Crippen LogP contribution in [0.1, 0.15) is 37.3 Å². The Morgan fingerprint density at radius 1 is 1.20 bits per heavy atom. The highest BCUT2D eigenvalue weighted by Gasteiger charge is 2.23. The van der Waals surface area contributed by atoms with Crippen molar-refractivity contribution >= 4 is 27.5 Å². The lowest BCUT2D eigenvalue weighted by atomic mass is 10.0. The highest BCUT2D eigenvalue weighted by Crippen LogP contribution is 2.39. The van der Waals surface area contributed by atoms with Gasteiger partial charge in [-0.2, -0.15) is 0 Å². The van der Waals surface area contributed by atoms with Crippen LogP contribution in [0.15, 0.2) is 28.7 Å². The lowest BCUT2D eigenvalue weighted by Gasteiger charge is -2.13. The van der Waals surface area contributed by atoms with E-state index in [1.165, 1.54) is 25.0 Å². The molecule has 0 radical (unpaired) electrons. The third-order valence-corrected chi connectivity index (χ3v) is 4.94. The van der Waals surface area contributed by atoms with Gasteiger partial charge in [0, 0.05) is 11.5 Å². The third-order valence-electron chi connectivity index (χ3n) is 3.66. The first-order valence-electron chi connectivity index (χ1n) is 6.64. The normalized spacial score (nSPS) is 15.8. The molecule has 1 aliphatic carbocycles. The second kappa shape index (κ2) is 5.78. The zero-order valence-corrected chi connectivity index (χ0v) is 13.1. The van der Waals surface area contributed by atoms with Crippen molar-refractivity contribution in [3.05, 3.63) is 45.4 Å². The monoisotopic (exact) mass is 354 g/mol. The first kappa shape index (κ1) is 14.0. The van der Waals surface area contributed by atoms with Crippen molar-refractivity contribution in [2.75, 3.05) is 0 Å². The van der Waals surface area contributed by atoms with Gasteiger partial charge in [-0.1, -0.05) is 36.6 Å². The molecule has 2 aromatic rings. The Hall–Kier alpha value is -1.00. The molecule has 1 fully saturated rings. The summed E-state index contributed by atoms with van der Waals surface area (Å²) < 4.78 is 14.1. The molecule has 0 N–H and O–H groups in total. The molecule has 0 spiro atoms. The van der Waals surface area contributed by atoms with Gasteiger partial charge in [0.2, 0.25) is 0 Å². The maximum absolute atomic E-state index is 13.3. The smallest absolute Gasteiger partial charge is 0.161 e. The fourth-order valence-corrected chi connectivity index (χ4v) is 3.34. The minimum atomic E-state index is -0.299. The second-order valence-electron chi connectivity index (χ2n) is 5.03. The van der Waals surface area contributed by atoms with Crippen LogP contribution >= 0.6 is 27.5 Å². The summed E-state index contributed by atoms with van der Waals surface area (Å²) in [7, 11) is 0. The Bertz CT molecular complexity index is 642. The van der Waals surface area contributed by atoms with Gasteiger partial charge in [-0.3, -0.25) is 0 Å². The SMILES string of the molecule is Fc1cccc(-c2nc(Cl)c(Br)c(C3CCCC3)n2)c1. The zero-order valence-electron chi connectivity index (χ0n) is 10.7. The van der Waals surface area contributed by atoms with Crippen LogP contribution in [0, 0.1) is 5.82 Å². The topological polar surface area (TPSA) is 25.8 Å². The molecule has 0 amide bonds. The van der Waals surface area contributed by atoms with E-state index in [1.807, 2.05) is 0 Å². The number of nitrogens with zero attached hydrogens (tertiary/aromatic N) is 2. The van der Waals surface area contributed by atoms with E-state index in [1.54, 1.807) is 12.1 Å². The number of hydrogen-bond donors (Lipinski definition) is 0. The lowest BCUT2D eigenvalue weighted by Crippen LogP contribution is -2.02. The van der Waals surface area contributed by atoms with Gasteiger partial charge in [0.1, 0.15) is 11.0 Å². The van der Waals surface area contributed by atoms with Crippen molar-refractivity contribution in [3.8, 4) is 11.4 Å². The summed E-state index contributed by atoms with van der Waals surface area (Å²) >= 11 is 9.68. The van der Waals surface area contributed by atoms with Gasteiger partial charge < -0.3 is 0 Å². The molecule has 3 rings (SSSR count). The molecule has 0 bridgehead atoms. The van der Waals surface area contributed by atoms with Crippen LogP contribution in [0.3, 0.4) is 0 Å². The number of rotatable bonds is 2. The largest absolute Gasteiger partial charge is 0.231 e. The standard InChI is InChI=1S/C15H13BrClFN2/c16-12-13(9-4-1-2-5-9)19-15(20-14(12)17)10-6-3-7-11(18)8-10/h3,6-9H,1-2,4-5H2. The summed E-state index contributed by atoms with van der Waals surface area (Å²) in [5, 5.41) is 0.390. The van der Waals surface area contributed by atoms with Crippen LogP contribution in [0.5, 0.6) is 0 Å². The molecule has 1 aliphatic rings. The number of halogens is 3. The van der Waals surface area contributed by atoms with Gasteiger partial charge in [-0.25, -0.2) is 14.4 Å². The fraction of sp³-hybridized carbons (Fsp3) is 0.333. The molecule has 2 nitrogen and oxygen atoms in total. The van der Waals surface area contributed by atoms with E-state index < -0.39 is 0 Å². The van der Waals surface area contributed by atoms with E-state index in [0.717, 1.165) is 23.0 Å². The number of hydrogen-bond acceptors (Lipinski definition) is 2. The minimum Gasteiger partial charge on any atom is -0.231 e. The van der Waals surface area contributed by atoms with E-state index in [9.17, 15) is 4.39 Å². The maximum Gasteiger partial charge on any atom is 0.161 e. The highest BCUT2D eigenvalue weighted by molar-refractivity contribution is 9.10. The van der Waals surface area contributed by atoms with E-state index in [0.29, 0.717) is 22.5 Å². The summed E-state index contributed by atoms with van der Waals surface area (Å²) in [5.74, 6) is 0.601. The third kappa shape index (κ3) is 2.72. The molecule has 104 valence electrons. The van der Waals surface area contributed by atoms with Crippen molar-refractivity contribution in [2.24, 2.45) is 0 Å². The van der Waals surface area contributed by atoms with Gasteiger partial charge >= 0.3 is 0 Å². The molecule has 0 unspecified atom stereocenters. The minimum absolute atomic E-state index is 0.299. The van der Waals surface area contributed by atoms with E-state index in [-0.39, 0.29) is 5.82 Å². The van der Waals surface area contributed by atoms with Crippen molar-refractivity contribution in [1.82, 2.24) is 9.97 Å². The Morgan fingerprint density at radius 3 is 2.65 bits per heavy atom. The number of benzene rings is 1. The Balaban J connectivity index is 2.08. The van der Waals surface area contributed by atoms with Gasteiger partial charge in [0.25, 0.3) is 0 Å². The molecular weight excluding hydrogens is 343 g/mol. The quantitative estimate of drug-likeness (QED) is 0.678. The van der Waals surface area contributed by atoms with Crippen molar-refractivity contribution < 1.29 is 4.39 Å². The Labute approximate surface area is 130 Å². The van der Waals surface area contributed by atoms with Gasteiger partial charge in [0.05, 0.1) is 10.2 Å². The average Bonchev–Trinajstić information content (AvgIpc) is 2.95. The molecule has 1 saturated carbocycles. The summed E-state index contributed by atoms with van der Waals surface area (Å²) in [6.07, 6.45) is 4.67. The summed E-state index contributed by atoms with van der Waals surface area (Å²) in [6.45, 7) is 0. The molecule has 1 aromatic heterocycles. The van der Waals surface area contributed by atoms with Gasteiger partial charge in [-0.05, 0) is 40.9 Å². The molecule has 0 atom stereocenters. The maximum atomic E-state index is 13.3. The van der Waals surface area contributed by atoms with Crippen LogP contribution < -0.4 is 0 Å². The summed E-state index contributed by atoms with van der Waals surface area (Å²) in [4.78, 5) is 8.87. The molecule has 0 saturated heterocycles. The van der Waals surface area contributed by atoms with Crippen LogP contribution in [0.2, 0.25) is 5.15 Å². The number of aromatic nitrogens is 2.